The van der Waals surface area contributed by atoms with Crippen molar-refractivity contribution in [1.29, 1.82) is 0 Å². The predicted octanol–water partition coefficient (Wildman–Crippen LogP) is 5.13. The molecule has 2 rings (SSSR count). The molecule has 0 spiro atoms. The van der Waals surface area contributed by atoms with Gasteiger partial charge in [-0.2, -0.15) is 0 Å². The molecule has 1 amide bonds. The van der Waals surface area contributed by atoms with Gasteiger partial charge in [0.25, 0.3) is 5.91 Å². The van der Waals surface area contributed by atoms with Crippen LogP contribution in [0.2, 0.25) is 0 Å². The molecule has 3 nitrogen and oxygen atoms in total. The number of carbonyl (C=O) groups is 1. The number of carbonyl (C=O) groups excluding carboxylic acids is 1. The minimum atomic E-state index is -0.152. The number of hydrogen-bond donors (Lipinski definition) is 1. The first-order chi connectivity index (χ1) is 11.0. The van der Waals surface area contributed by atoms with E-state index in [9.17, 15) is 4.79 Å². The van der Waals surface area contributed by atoms with E-state index >= 15 is 0 Å². The number of anilines is 1. The average Bonchev–Trinajstić information content (AvgIpc) is 2.55. The number of amides is 1. The van der Waals surface area contributed by atoms with E-state index in [2.05, 4.69) is 53.9 Å². The molecule has 0 aliphatic carbocycles. The van der Waals surface area contributed by atoms with Gasteiger partial charge in [-0.1, -0.05) is 26.0 Å². The van der Waals surface area contributed by atoms with E-state index in [0.717, 1.165) is 21.2 Å². The van der Waals surface area contributed by atoms with Crippen molar-refractivity contribution in [3.05, 3.63) is 57.2 Å². The number of ether oxygens (including phenoxy) is 1. The zero-order valence-electron chi connectivity index (χ0n) is 13.7. The highest BCUT2D eigenvalue weighted by Crippen LogP contribution is 2.21. The van der Waals surface area contributed by atoms with Gasteiger partial charge in [0.2, 0.25) is 0 Å². The molecular formula is C19H22INO2. The molecule has 0 aliphatic heterocycles. The summed E-state index contributed by atoms with van der Waals surface area (Å²) in [7, 11) is 0. The maximum absolute atomic E-state index is 12.0. The summed E-state index contributed by atoms with van der Waals surface area (Å²) in [5, 5.41) is 2.88. The van der Waals surface area contributed by atoms with Crippen molar-refractivity contribution in [3.8, 4) is 5.75 Å². The summed E-state index contributed by atoms with van der Waals surface area (Å²) >= 11 is 2.25. The van der Waals surface area contributed by atoms with Crippen LogP contribution in [0, 0.1) is 10.5 Å². The third-order valence-corrected chi connectivity index (χ3v) is 4.56. The normalized spacial score (nSPS) is 11.8. The highest BCUT2D eigenvalue weighted by atomic mass is 127. The quantitative estimate of drug-likeness (QED) is 0.655. The molecule has 1 atom stereocenters. The van der Waals surface area contributed by atoms with Crippen LogP contribution in [0.15, 0.2) is 42.5 Å². The van der Waals surface area contributed by atoms with E-state index in [4.69, 9.17) is 4.74 Å². The SMILES string of the molecule is CC[C@@H](C)c1ccc(OCC(=O)Nc2ccc(I)cc2C)cc1. The number of nitrogens with one attached hydrogen (secondary N) is 1. The molecule has 0 saturated heterocycles. The lowest BCUT2D eigenvalue weighted by molar-refractivity contribution is -0.118. The van der Waals surface area contributed by atoms with Crippen LogP contribution in [-0.4, -0.2) is 12.5 Å². The Hall–Kier alpha value is -1.56. The average molecular weight is 423 g/mol. The lowest BCUT2D eigenvalue weighted by Crippen LogP contribution is -2.20. The largest absolute Gasteiger partial charge is 0.484 e. The van der Waals surface area contributed by atoms with E-state index in [1.54, 1.807) is 0 Å². The molecule has 0 aromatic heterocycles. The van der Waals surface area contributed by atoms with E-state index in [1.165, 1.54) is 5.56 Å². The van der Waals surface area contributed by atoms with Crippen molar-refractivity contribution in [3.63, 3.8) is 0 Å². The van der Waals surface area contributed by atoms with Gasteiger partial charge < -0.3 is 10.1 Å². The molecule has 23 heavy (non-hydrogen) atoms. The molecule has 0 fully saturated rings. The molecule has 0 radical (unpaired) electrons. The van der Waals surface area contributed by atoms with Crippen LogP contribution in [-0.2, 0) is 4.79 Å². The Balaban J connectivity index is 1.89. The van der Waals surface area contributed by atoms with Crippen LogP contribution in [0.3, 0.4) is 0 Å². The van der Waals surface area contributed by atoms with Gasteiger partial charge in [-0.25, -0.2) is 0 Å². The third kappa shape index (κ3) is 5.23. The first kappa shape index (κ1) is 17.8. The molecule has 0 saturated carbocycles. The second-order valence-electron chi connectivity index (χ2n) is 5.67. The standard InChI is InChI=1S/C19H22INO2/c1-4-13(2)15-5-8-17(9-6-15)23-12-19(22)21-18-10-7-16(20)11-14(18)3/h5-11,13H,4,12H2,1-3H3,(H,21,22)/t13-/m1/s1. The van der Waals surface area contributed by atoms with Gasteiger partial charge in [-0.15, -0.1) is 0 Å². The van der Waals surface area contributed by atoms with Crippen LogP contribution >= 0.6 is 22.6 Å². The summed E-state index contributed by atoms with van der Waals surface area (Å²) < 4.78 is 6.71. The first-order valence-corrected chi connectivity index (χ1v) is 8.86. The van der Waals surface area contributed by atoms with Crippen molar-refractivity contribution in [2.75, 3.05) is 11.9 Å². The molecule has 1 N–H and O–H groups in total. The van der Waals surface area contributed by atoms with Gasteiger partial charge in [-0.3, -0.25) is 4.79 Å². The van der Waals surface area contributed by atoms with E-state index in [0.29, 0.717) is 11.7 Å². The molecular weight excluding hydrogens is 401 g/mol. The zero-order chi connectivity index (χ0) is 16.8. The lowest BCUT2D eigenvalue weighted by Gasteiger charge is -2.12. The summed E-state index contributed by atoms with van der Waals surface area (Å²) in [4.78, 5) is 12.0. The van der Waals surface area contributed by atoms with E-state index in [-0.39, 0.29) is 12.5 Å². The van der Waals surface area contributed by atoms with Gasteiger partial charge in [-0.05, 0) is 83.3 Å². The van der Waals surface area contributed by atoms with Crippen molar-refractivity contribution in [2.24, 2.45) is 0 Å². The van der Waals surface area contributed by atoms with Crippen molar-refractivity contribution < 1.29 is 9.53 Å². The molecule has 0 aliphatic rings. The molecule has 122 valence electrons. The molecule has 0 unspecified atom stereocenters. The van der Waals surface area contributed by atoms with Crippen LogP contribution in [0.25, 0.3) is 0 Å². The van der Waals surface area contributed by atoms with E-state index in [1.807, 2.05) is 37.3 Å². The second-order valence-corrected chi connectivity index (χ2v) is 6.92. The fourth-order valence-corrected chi connectivity index (χ4v) is 2.88. The Labute approximate surface area is 151 Å². The van der Waals surface area contributed by atoms with Crippen LogP contribution in [0.4, 0.5) is 5.69 Å². The summed E-state index contributed by atoms with van der Waals surface area (Å²) in [5.74, 6) is 1.10. The molecule has 4 heteroatoms. The van der Waals surface area contributed by atoms with Crippen LogP contribution < -0.4 is 10.1 Å². The Kier molecular flexibility index (Phi) is 6.45. The number of hydrogen-bond acceptors (Lipinski definition) is 2. The number of halogens is 1. The lowest BCUT2D eigenvalue weighted by atomic mass is 9.99. The highest BCUT2D eigenvalue weighted by Gasteiger charge is 2.07. The van der Waals surface area contributed by atoms with Crippen molar-refractivity contribution in [1.82, 2.24) is 0 Å². The number of aryl methyl sites for hydroxylation is 1. The predicted molar refractivity (Wildman–Crippen MR) is 103 cm³/mol. The van der Waals surface area contributed by atoms with Crippen molar-refractivity contribution in [2.45, 2.75) is 33.1 Å². The van der Waals surface area contributed by atoms with Gasteiger partial charge in [0, 0.05) is 9.26 Å². The number of rotatable bonds is 6. The summed E-state index contributed by atoms with van der Waals surface area (Å²) in [5.41, 5.74) is 3.16. The van der Waals surface area contributed by atoms with Gasteiger partial charge in [0.15, 0.2) is 6.61 Å². The topological polar surface area (TPSA) is 38.3 Å². The highest BCUT2D eigenvalue weighted by molar-refractivity contribution is 14.1. The van der Waals surface area contributed by atoms with Gasteiger partial charge >= 0.3 is 0 Å². The molecule has 0 bridgehead atoms. The Morgan fingerprint density at radius 1 is 1.22 bits per heavy atom. The Bertz CT molecular complexity index is 668. The van der Waals surface area contributed by atoms with Crippen LogP contribution in [0.1, 0.15) is 37.3 Å². The van der Waals surface area contributed by atoms with E-state index < -0.39 is 0 Å². The molecule has 2 aromatic rings. The second kappa shape index (κ2) is 8.34. The zero-order valence-corrected chi connectivity index (χ0v) is 15.9. The number of benzene rings is 2. The summed E-state index contributed by atoms with van der Waals surface area (Å²) in [6.07, 6.45) is 1.11. The smallest absolute Gasteiger partial charge is 0.262 e. The fourth-order valence-electron chi connectivity index (χ4n) is 2.23. The first-order valence-electron chi connectivity index (χ1n) is 7.78. The fraction of sp³-hybridized carbons (Fsp3) is 0.316. The van der Waals surface area contributed by atoms with Gasteiger partial charge in [0.05, 0.1) is 0 Å². The monoisotopic (exact) mass is 423 g/mol. The van der Waals surface area contributed by atoms with Crippen molar-refractivity contribution >= 4 is 34.2 Å². The summed E-state index contributed by atoms with van der Waals surface area (Å²) in [6, 6.07) is 13.9. The van der Waals surface area contributed by atoms with Crippen LogP contribution in [0.5, 0.6) is 5.75 Å². The third-order valence-electron chi connectivity index (χ3n) is 3.89. The molecule has 2 aromatic carbocycles. The minimum Gasteiger partial charge on any atom is -0.484 e. The van der Waals surface area contributed by atoms with Gasteiger partial charge in [0.1, 0.15) is 5.75 Å². The summed E-state index contributed by atoms with van der Waals surface area (Å²) in [6.45, 7) is 6.36. The maximum atomic E-state index is 12.0. The Morgan fingerprint density at radius 3 is 2.52 bits per heavy atom. The maximum Gasteiger partial charge on any atom is 0.262 e. The minimum absolute atomic E-state index is 0.00804. The molecule has 0 heterocycles. The Morgan fingerprint density at radius 2 is 1.91 bits per heavy atom.